The molecule has 5 heterocycles. The Morgan fingerprint density at radius 2 is 1.97 bits per heavy atom. The van der Waals surface area contributed by atoms with Gasteiger partial charge in [-0.2, -0.15) is 0 Å². The standard InChI is InChI=1S/C25H18N2O7/c1-4-13-14-6-20-21(33-11-32-20)8-18(14)26-22-15(13)9-27-19(22)7-17-16(23(27)29)10-31-24(30)25(17,5-2)34-12(3)28/h1,6-8H,5,9-11H2,2-3H3. The normalized spacial score (nSPS) is 19.1. The van der Waals surface area contributed by atoms with Crippen LogP contribution >= 0.6 is 0 Å². The number of esters is 2. The summed E-state index contributed by atoms with van der Waals surface area (Å²) in [5, 5.41) is 0.720. The smallest absolute Gasteiger partial charge is 0.355 e. The monoisotopic (exact) mass is 458 g/mol. The zero-order valence-corrected chi connectivity index (χ0v) is 18.4. The molecule has 6 rings (SSSR count). The average Bonchev–Trinajstić information content (AvgIpc) is 3.42. The molecule has 2 aromatic heterocycles. The number of ether oxygens (including phenoxy) is 4. The van der Waals surface area contributed by atoms with Crippen LogP contribution in [0.2, 0.25) is 0 Å². The predicted octanol–water partition coefficient (Wildman–Crippen LogP) is 2.36. The van der Waals surface area contributed by atoms with Crippen LogP contribution in [-0.2, 0) is 37.8 Å². The van der Waals surface area contributed by atoms with Crippen LogP contribution in [-0.4, -0.2) is 28.3 Å². The molecule has 0 spiro atoms. The maximum absolute atomic E-state index is 13.5. The Hall–Kier alpha value is -4.32. The van der Waals surface area contributed by atoms with E-state index < -0.39 is 17.5 Å². The lowest BCUT2D eigenvalue weighted by molar-refractivity contribution is -0.188. The fourth-order valence-electron chi connectivity index (χ4n) is 5.04. The number of pyridine rings is 2. The number of hydrogen-bond donors (Lipinski definition) is 0. The van der Waals surface area contributed by atoms with Gasteiger partial charge in [-0.25, -0.2) is 9.78 Å². The van der Waals surface area contributed by atoms with Crippen LogP contribution in [0.3, 0.4) is 0 Å². The maximum atomic E-state index is 13.5. The average molecular weight is 458 g/mol. The summed E-state index contributed by atoms with van der Waals surface area (Å²) >= 11 is 0. The molecule has 0 aliphatic carbocycles. The minimum absolute atomic E-state index is 0.110. The first-order valence-corrected chi connectivity index (χ1v) is 10.7. The quantitative estimate of drug-likeness (QED) is 0.333. The van der Waals surface area contributed by atoms with Crippen molar-refractivity contribution in [3.05, 3.63) is 50.8 Å². The molecule has 0 amide bonds. The number of carbonyl (C=O) groups is 2. The summed E-state index contributed by atoms with van der Waals surface area (Å²) in [4.78, 5) is 43.1. The molecular formula is C25H18N2O7. The van der Waals surface area contributed by atoms with Crippen molar-refractivity contribution in [2.75, 3.05) is 6.79 Å². The van der Waals surface area contributed by atoms with E-state index in [1.807, 2.05) is 0 Å². The van der Waals surface area contributed by atoms with Gasteiger partial charge in [0.25, 0.3) is 5.56 Å². The number of rotatable bonds is 2. The summed E-state index contributed by atoms with van der Waals surface area (Å²) in [5.41, 5.74) is 1.49. The van der Waals surface area contributed by atoms with Gasteiger partial charge in [0, 0.05) is 35.1 Å². The van der Waals surface area contributed by atoms with Crippen molar-refractivity contribution >= 4 is 22.8 Å². The molecule has 0 saturated heterocycles. The first-order valence-electron chi connectivity index (χ1n) is 10.7. The number of aromatic nitrogens is 2. The molecule has 3 aromatic rings. The van der Waals surface area contributed by atoms with Gasteiger partial charge in [-0.15, -0.1) is 6.42 Å². The van der Waals surface area contributed by atoms with Gasteiger partial charge in [0.05, 0.1) is 29.0 Å². The molecule has 9 nitrogen and oxygen atoms in total. The highest BCUT2D eigenvalue weighted by Gasteiger charge is 2.50. The molecule has 1 unspecified atom stereocenters. The first kappa shape index (κ1) is 20.3. The molecule has 0 saturated carbocycles. The van der Waals surface area contributed by atoms with Crippen molar-refractivity contribution in [1.82, 2.24) is 9.55 Å². The minimum Gasteiger partial charge on any atom is -0.457 e. The van der Waals surface area contributed by atoms with Gasteiger partial charge in [-0.1, -0.05) is 12.8 Å². The number of fused-ring (bicyclic) bond motifs is 6. The highest BCUT2D eigenvalue weighted by Crippen LogP contribution is 2.43. The van der Waals surface area contributed by atoms with E-state index in [0.717, 1.165) is 10.9 Å². The number of terminal acetylenes is 1. The molecule has 34 heavy (non-hydrogen) atoms. The van der Waals surface area contributed by atoms with Crippen LogP contribution in [0.25, 0.3) is 22.3 Å². The van der Waals surface area contributed by atoms with Crippen molar-refractivity contribution < 1.29 is 28.5 Å². The van der Waals surface area contributed by atoms with Crippen LogP contribution in [0.15, 0.2) is 23.0 Å². The third-order valence-electron chi connectivity index (χ3n) is 6.61. The molecular weight excluding hydrogens is 440 g/mol. The van der Waals surface area contributed by atoms with Crippen molar-refractivity contribution in [3.63, 3.8) is 0 Å². The lowest BCUT2D eigenvalue weighted by Gasteiger charge is -2.35. The zero-order valence-electron chi connectivity index (χ0n) is 18.4. The number of nitrogens with zero attached hydrogens (tertiary/aromatic N) is 2. The van der Waals surface area contributed by atoms with Gasteiger partial charge in [-0.05, 0) is 18.6 Å². The molecule has 1 aromatic carbocycles. The van der Waals surface area contributed by atoms with Crippen molar-refractivity contribution in [1.29, 1.82) is 0 Å². The summed E-state index contributed by atoms with van der Waals surface area (Å²) in [6.45, 7) is 3.04. The lowest BCUT2D eigenvalue weighted by atomic mass is 9.85. The van der Waals surface area contributed by atoms with E-state index in [1.54, 1.807) is 29.7 Å². The predicted molar refractivity (Wildman–Crippen MR) is 118 cm³/mol. The van der Waals surface area contributed by atoms with Gasteiger partial charge >= 0.3 is 11.9 Å². The Balaban J connectivity index is 1.64. The Labute approximate surface area is 193 Å². The molecule has 1 atom stereocenters. The first-order chi connectivity index (χ1) is 16.4. The van der Waals surface area contributed by atoms with Gasteiger partial charge in [0.1, 0.15) is 6.61 Å². The number of hydrogen-bond acceptors (Lipinski definition) is 8. The molecule has 3 aliphatic rings. The molecule has 0 fully saturated rings. The number of benzene rings is 1. The Morgan fingerprint density at radius 1 is 1.21 bits per heavy atom. The van der Waals surface area contributed by atoms with Crippen LogP contribution in [0.1, 0.15) is 42.5 Å². The molecule has 0 bridgehead atoms. The highest BCUT2D eigenvalue weighted by atomic mass is 16.7. The van der Waals surface area contributed by atoms with E-state index in [-0.39, 0.29) is 37.5 Å². The Kier molecular flexibility index (Phi) is 4.08. The fourth-order valence-corrected chi connectivity index (χ4v) is 5.04. The van der Waals surface area contributed by atoms with E-state index in [0.29, 0.717) is 39.5 Å². The van der Waals surface area contributed by atoms with Crippen LogP contribution < -0.4 is 15.0 Å². The minimum atomic E-state index is -1.70. The number of carbonyl (C=O) groups excluding carboxylic acids is 2. The third kappa shape index (κ3) is 2.51. The van der Waals surface area contributed by atoms with Crippen LogP contribution in [0.4, 0.5) is 0 Å². The van der Waals surface area contributed by atoms with E-state index in [1.165, 1.54) is 6.92 Å². The summed E-state index contributed by atoms with van der Waals surface area (Å²) in [6, 6.07) is 5.25. The molecule has 0 radical (unpaired) electrons. The molecule has 3 aliphatic heterocycles. The van der Waals surface area contributed by atoms with E-state index in [4.69, 9.17) is 30.4 Å². The zero-order chi connectivity index (χ0) is 23.8. The largest absolute Gasteiger partial charge is 0.457 e. The second-order valence-electron chi connectivity index (χ2n) is 8.34. The third-order valence-corrected chi connectivity index (χ3v) is 6.61. The van der Waals surface area contributed by atoms with Gasteiger partial charge in [-0.3, -0.25) is 9.59 Å². The van der Waals surface area contributed by atoms with Crippen LogP contribution in [0.5, 0.6) is 11.5 Å². The van der Waals surface area contributed by atoms with Gasteiger partial charge < -0.3 is 23.5 Å². The fraction of sp³-hybridized carbons (Fsp3) is 0.280. The maximum Gasteiger partial charge on any atom is 0.355 e. The number of cyclic esters (lactones) is 1. The van der Waals surface area contributed by atoms with Gasteiger partial charge in [0.2, 0.25) is 12.4 Å². The SMILES string of the molecule is C#Cc1c2c(nc3cc4c(cc13)OCO4)-c1cc3c(c(=O)n1C2)COC(=O)C3(CC)OC(C)=O. The van der Waals surface area contributed by atoms with Crippen molar-refractivity contribution in [3.8, 4) is 35.2 Å². The second-order valence-corrected chi connectivity index (χ2v) is 8.34. The highest BCUT2D eigenvalue weighted by molar-refractivity contribution is 5.93. The van der Waals surface area contributed by atoms with Crippen LogP contribution in [0, 0.1) is 12.3 Å². The molecule has 0 N–H and O–H groups in total. The van der Waals surface area contributed by atoms with E-state index in [9.17, 15) is 14.4 Å². The Bertz CT molecular complexity index is 1560. The lowest BCUT2D eigenvalue weighted by Crippen LogP contribution is -2.47. The summed E-state index contributed by atoms with van der Waals surface area (Å²) in [6.07, 6.45) is 6.02. The summed E-state index contributed by atoms with van der Waals surface area (Å²) < 4.78 is 23.3. The topological polar surface area (TPSA) is 106 Å². The molecule has 9 heteroatoms. The molecule has 170 valence electrons. The van der Waals surface area contributed by atoms with E-state index >= 15 is 0 Å². The summed E-state index contributed by atoms with van der Waals surface area (Å²) in [5.74, 6) is 2.53. The van der Waals surface area contributed by atoms with Crippen molar-refractivity contribution in [2.24, 2.45) is 0 Å². The Morgan fingerprint density at radius 3 is 2.68 bits per heavy atom. The van der Waals surface area contributed by atoms with Crippen molar-refractivity contribution in [2.45, 2.75) is 39.0 Å². The van der Waals surface area contributed by atoms with Gasteiger partial charge in [0.15, 0.2) is 11.5 Å². The van der Waals surface area contributed by atoms with E-state index in [2.05, 4.69) is 5.92 Å². The second kappa shape index (κ2) is 6.84. The summed E-state index contributed by atoms with van der Waals surface area (Å²) in [7, 11) is 0.